The van der Waals surface area contributed by atoms with E-state index in [0.717, 1.165) is 25.9 Å². The van der Waals surface area contributed by atoms with E-state index in [4.69, 9.17) is 4.42 Å². The normalized spacial score (nSPS) is 19.5. The Balaban J connectivity index is 1.56. The highest BCUT2D eigenvalue weighted by molar-refractivity contribution is 7.89. The van der Waals surface area contributed by atoms with Crippen LogP contribution in [0, 0.1) is 0 Å². The van der Waals surface area contributed by atoms with Crippen molar-refractivity contribution in [2.24, 2.45) is 0 Å². The Labute approximate surface area is 147 Å². The molecule has 0 unspecified atom stereocenters. The van der Waals surface area contributed by atoms with E-state index >= 15 is 0 Å². The fourth-order valence-corrected chi connectivity index (χ4v) is 4.57. The zero-order chi connectivity index (χ0) is 17.9. The Morgan fingerprint density at radius 2 is 2.20 bits per heavy atom. The Kier molecular flexibility index (Phi) is 5.61. The highest BCUT2D eigenvalue weighted by Gasteiger charge is 2.20. The molecule has 0 aliphatic carbocycles. The summed E-state index contributed by atoms with van der Waals surface area (Å²) in [5, 5.41) is 0. The van der Waals surface area contributed by atoms with Gasteiger partial charge in [-0.05, 0) is 50.9 Å². The lowest BCUT2D eigenvalue weighted by molar-refractivity contribution is 0.143. The summed E-state index contributed by atoms with van der Waals surface area (Å²) in [7, 11) is -3.61. The topological polar surface area (TPSA) is 95.4 Å². The maximum absolute atomic E-state index is 12.4. The third-order valence-corrected chi connectivity index (χ3v) is 6.30. The van der Waals surface area contributed by atoms with Gasteiger partial charge in [0.2, 0.25) is 10.0 Å². The molecule has 0 amide bonds. The number of H-pyrrole nitrogens is 1. The van der Waals surface area contributed by atoms with Crippen LogP contribution in [0.15, 0.2) is 32.3 Å². The van der Waals surface area contributed by atoms with Crippen molar-refractivity contribution in [1.82, 2.24) is 14.6 Å². The Morgan fingerprint density at radius 3 is 3.00 bits per heavy atom. The highest BCUT2D eigenvalue weighted by atomic mass is 32.2. The zero-order valence-electron chi connectivity index (χ0n) is 14.5. The van der Waals surface area contributed by atoms with Crippen molar-refractivity contribution < 1.29 is 12.8 Å². The molecule has 2 heterocycles. The number of benzene rings is 1. The highest BCUT2D eigenvalue weighted by Crippen LogP contribution is 2.19. The number of nitrogens with zero attached hydrogens (tertiary/aromatic N) is 1. The van der Waals surface area contributed by atoms with E-state index in [1.54, 1.807) is 0 Å². The number of fused-ring (bicyclic) bond motifs is 1. The summed E-state index contributed by atoms with van der Waals surface area (Å²) in [6, 6.07) is 5.00. The first-order valence-electron chi connectivity index (χ1n) is 8.86. The molecule has 3 rings (SSSR count). The molecule has 2 N–H and O–H groups in total. The lowest BCUT2D eigenvalue weighted by atomic mass is 10.00. The third kappa shape index (κ3) is 4.31. The first-order chi connectivity index (χ1) is 12.0. The second-order valence-corrected chi connectivity index (χ2v) is 8.28. The number of nitrogens with one attached hydrogen (secondary N) is 2. The van der Waals surface area contributed by atoms with Gasteiger partial charge in [0.05, 0.1) is 10.4 Å². The van der Waals surface area contributed by atoms with E-state index in [1.807, 2.05) is 0 Å². The van der Waals surface area contributed by atoms with Gasteiger partial charge < -0.3 is 9.32 Å². The summed E-state index contributed by atoms with van der Waals surface area (Å²) in [4.78, 5) is 16.2. The summed E-state index contributed by atoms with van der Waals surface area (Å²) >= 11 is 0. The van der Waals surface area contributed by atoms with Crippen LogP contribution in [0.2, 0.25) is 0 Å². The molecule has 1 aromatic carbocycles. The molecule has 7 nitrogen and oxygen atoms in total. The molecule has 0 saturated carbocycles. The van der Waals surface area contributed by atoms with Gasteiger partial charge in [-0.1, -0.05) is 13.3 Å². The Bertz CT molecular complexity index is 871. The van der Waals surface area contributed by atoms with Crippen LogP contribution in [0.5, 0.6) is 0 Å². The minimum atomic E-state index is -3.61. The van der Waals surface area contributed by atoms with E-state index in [2.05, 4.69) is 21.5 Å². The molecule has 1 aliphatic rings. The van der Waals surface area contributed by atoms with Crippen molar-refractivity contribution >= 4 is 21.1 Å². The van der Waals surface area contributed by atoms with Crippen molar-refractivity contribution in [1.29, 1.82) is 0 Å². The van der Waals surface area contributed by atoms with Crippen molar-refractivity contribution in [2.75, 3.05) is 19.6 Å². The van der Waals surface area contributed by atoms with Gasteiger partial charge in [-0.3, -0.25) is 4.98 Å². The molecule has 0 bridgehead atoms. The molecule has 0 spiro atoms. The average Bonchev–Trinajstić information content (AvgIpc) is 2.98. The molecular formula is C17H25N3O4S. The van der Waals surface area contributed by atoms with E-state index in [1.165, 1.54) is 37.5 Å². The maximum atomic E-state index is 12.4. The predicted octanol–water partition coefficient (Wildman–Crippen LogP) is 2.05. The van der Waals surface area contributed by atoms with Gasteiger partial charge >= 0.3 is 5.76 Å². The van der Waals surface area contributed by atoms with Crippen LogP contribution < -0.4 is 10.5 Å². The average molecular weight is 367 g/mol. The van der Waals surface area contributed by atoms with Crippen molar-refractivity contribution in [3.8, 4) is 0 Å². The quantitative estimate of drug-likeness (QED) is 0.730. The zero-order valence-corrected chi connectivity index (χ0v) is 15.3. The monoisotopic (exact) mass is 367 g/mol. The van der Waals surface area contributed by atoms with E-state index in [0.29, 0.717) is 18.1 Å². The molecule has 8 heteroatoms. The minimum Gasteiger partial charge on any atom is -0.408 e. The van der Waals surface area contributed by atoms with E-state index in [-0.39, 0.29) is 10.5 Å². The van der Waals surface area contributed by atoms with E-state index < -0.39 is 15.8 Å². The number of hydrogen-bond donors (Lipinski definition) is 2. The predicted molar refractivity (Wildman–Crippen MR) is 96.1 cm³/mol. The lowest BCUT2D eigenvalue weighted by Gasteiger charge is -2.35. The fourth-order valence-electron chi connectivity index (χ4n) is 3.48. The number of hydrogen-bond acceptors (Lipinski definition) is 5. The number of oxazole rings is 1. The van der Waals surface area contributed by atoms with Crippen LogP contribution >= 0.6 is 0 Å². The van der Waals surface area contributed by atoms with Gasteiger partial charge in [0.25, 0.3) is 0 Å². The second kappa shape index (κ2) is 7.72. The molecule has 2 aromatic rings. The maximum Gasteiger partial charge on any atom is 0.417 e. The van der Waals surface area contributed by atoms with Crippen LogP contribution in [0.3, 0.4) is 0 Å². The molecule has 1 fully saturated rings. The summed E-state index contributed by atoms with van der Waals surface area (Å²) in [5.41, 5.74) is 0.728. The van der Waals surface area contributed by atoms with Gasteiger partial charge in [-0.25, -0.2) is 17.9 Å². The number of sulfonamides is 1. The van der Waals surface area contributed by atoms with Gasteiger partial charge in [0.1, 0.15) is 0 Å². The summed E-state index contributed by atoms with van der Waals surface area (Å²) < 4.78 is 32.4. The van der Waals surface area contributed by atoms with Crippen LogP contribution in [-0.4, -0.2) is 44.0 Å². The van der Waals surface area contributed by atoms with Gasteiger partial charge in [0, 0.05) is 18.7 Å². The van der Waals surface area contributed by atoms with Crippen LogP contribution in [0.4, 0.5) is 0 Å². The molecule has 1 aromatic heterocycles. The first kappa shape index (κ1) is 18.2. The molecule has 0 radical (unpaired) electrons. The number of piperidine rings is 1. The van der Waals surface area contributed by atoms with Crippen LogP contribution in [0.25, 0.3) is 11.1 Å². The molecule has 1 atom stereocenters. The summed E-state index contributed by atoms with van der Waals surface area (Å²) in [5.74, 6) is -0.593. The minimum absolute atomic E-state index is 0.104. The SMILES string of the molecule is CC[C@@H]1CCCCN1CCCNS(=O)(=O)c1ccc2[nH]c(=O)oc2c1. The number of rotatable bonds is 7. The summed E-state index contributed by atoms with van der Waals surface area (Å²) in [6.07, 6.45) is 5.68. The largest absolute Gasteiger partial charge is 0.417 e. The summed E-state index contributed by atoms with van der Waals surface area (Å²) in [6.45, 7) is 4.62. The van der Waals surface area contributed by atoms with Crippen molar-refractivity contribution in [2.45, 2.75) is 50.0 Å². The van der Waals surface area contributed by atoms with Gasteiger partial charge in [-0.15, -0.1) is 0 Å². The van der Waals surface area contributed by atoms with Gasteiger partial charge in [-0.2, -0.15) is 0 Å². The van der Waals surface area contributed by atoms with Gasteiger partial charge in [0.15, 0.2) is 5.58 Å². The van der Waals surface area contributed by atoms with Crippen molar-refractivity contribution in [3.63, 3.8) is 0 Å². The van der Waals surface area contributed by atoms with Crippen molar-refractivity contribution in [3.05, 3.63) is 28.7 Å². The molecule has 1 saturated heterocycles. The first-order valence-corrected chi connectivity index (χ1v) is 10.3. The molecule has 1 aliphatic heterocycles. The number of aromatic amines is 1. The number of aromatic nitrogens is 1. The Hall–Kier alpha value is -1.64. The third-order valence-electron chi connectivity index (χ3n) is 4.84. The second-order valence-electron chi connectivity index (χ2n) is 6.52. The van der Waals surface area contributed by atoms with Crippen LogP contribution in [-0.2, 0) is 10.0 Å². The van der Waals surface area contributed by atoms with Crippen LogP contribution in [0.1, 0.15) is 39.0 Å². The standard InChI is InChI=1S/C17H25N3O4S/c1-2-13-6-3-4-10-20(13)11-5-9-18-25(22,23)14-7-8-15-16(12-14)24-17(21)19-15/h7-8,12-13,18H,2-6,9-11H2,1H3,(H,19,21)/t13-/m1/s1. The smallest absolute Gasteiger partial charge is 0.408 e. The molecule has 138 valence electrons. The molecular weight excluding hydrogens is 342 g/mol. The lowest BCUT2D eigenvalue weighted by Crippen LogP contribution is -2.40. The Morgan fingerprint density at radius 1 is 1.36 bits per heavy atom. The molecule has 25 heavy (non-hydrogen) atoms. The number of likely N-dealkylation sites (tertiary alicyclic amines) is 1. The fraction of sp³-hybridized carbons (Fsp3) is 0.588. The van der Waals surface area contributed by atoms with E-state index in [9.17, 15) is 13.2 Å².